The maximum Gasteiger partial charge on any atom is 0.0795 e. The van der Waals surface area contributed by atoms with Gasteiger partial charge in [-0.1, -0.05) is 6.07 Å². The summed E-state index contributed by atoms with van der Waals surface area (Å²) in [6.07, 6.45) is 1.83. The number of hydrogen-bond donors (Lipinski definition) is 1. The third-order valence-electron chi connectivity index (χ3n) is 2.20. The molecule has 0 amide bonds. The Labute approximate surface area is 93.2 Å². The van der Waals surface area contributed by atoms with E-state index in [1.807, 2.05) is 17.8 Å². The molecule has 3 nitrogen and oxygen atoms in total. The molecule has 0 saturated carbocycles. The van der Waals surface area contributed by atoms with Crippen molar-refractivity contribution in [2.24, 2.45) is 0 Å². The molecule has 0 unspecified atom stereocenters. The van der Waals surface area contributed by atoms with Crippen LogP contribution in [-0.2, 0) is 13.1 Å². The summed E-state index contributed by atoms with van der Waals surface area (Å²) in [5.74, 6) is 0. The van der Waals surface area contributed by atoms with E-state index in [0.717, 1.165) is 24.5 Å². The second-order valence-electron chi connectivity index (χ2n) is 3.35. The van der Waals surface area contributed by atoms with E-state index >= 15 is 0 Å². The predicted molar refractivity (Wildman–Crippen MR) is 61.6 cm³/mol. The van der Waals surface area contributed by atoms with Crippen LogP contribution in [0.4, 0.5) is 0 Å². The van der Waals surface area contributed by atoms with E-state index < -0.39 is 0 Å². The average Bonchev–Trinajstić information content (AvgIpc) is 2.74. The minimum Gasteiger partial charge on any atom is -0.305 e. The van der Waals surface area contributed by atoms with Crippen molar-refractivity contribution >= 4 is 11.3 Å². The third kappa shape index (κ3) is 2.84. The molecule has 2 rings (SSSR count). The number of pyridine rings is 1. The minimum absolute atomic E-state index is 0.796. The molecule has 1 N–H and O–H groups in total. The molecule has 0 aliphatic heterocycles. The first-order valence-corrected chi connectivity index (χ1v) is 5.79. The molecule has 0 saturated heterocycles. The van der Waals surface area contributed by atoms with Gasteiger partial charge >= 0.3 is 0 Å². The maximum absolute atomic E-state index is 4.32. The minimum atomic E-state index is 0.796. The second kappa shape index (κ2) is 5.00. The zero-order valence-corrected chi connectivity index (χ0v) is 9.42. The van der Waals surface area contributed by atoms with Gasteiger partial charge in [0.2, 0.25) is 0 Å². The monoisotopic (exact) mass is 219 g/mol. The number of hydrogen-bond acceptors (Lipinski definition) is 4. The standard InChI is InChI=1S/C11H13N3S/c1-9-3-2-4-13-11(9)6-12-5-10-7-15-8-14-10/h2-4,7-8,12H,5-6H2,1H3. The van der Waals surface area contributed by atoms with Crippen LogP contribution in [0.5, 0.6) is 0 Å². The zero-order valence-electron chi connectivity index (χ0n) is 8.60. The molecule has 2 heterocycles. The molecule has 0 aliphatic rings. The summed E-state index contributed by atoms with van der Waals surface area (Å²) in [7, 11) is 0. The number of nitrogens with zero attached hydrogens (tertiary/aromatic N) is 2. The van der Waals surface area contributed by atoms with E-state index in [0.29, 0.717) is 0 Å². The molecule has 15 heavy (non-hydrogen) atoms. The number of rotatable bonds is 4. The molecule has 0 atom stereocenters. The van der Waals surface area contributed by atoms with E-state index in [1.165, 1.54) is 5.56 Å². The van der Waals surface area contributed by atoms with E-state index in [1.54, 1.807) is 11.3 Å². The molecule has 0 spiro atoms. The van der Waals surface area contributed by atoms with Gasteiger partial charge in [-0.3, -0.25) is 4.98 Å². The van der Waals surface area contributed by atoms with Crippen molar-refractivity contribution < 1.29 is 0 Å². The van der Waals surface area contributed by atoms with Gasteiger partial charge in [0, 0.05) is 24.7 Å². The first-order valence-electron chi connectivity index (χ1n) is 4.84. The second-order valence-corrected chi connectivity index (χ2v) is 4.07. The van der Waals surface area contributed by atoms with Crippen LogP contribution in [0.25, 0.3) is 0 Å². The Balaban J connectivity index is 1.86. The SMILES string of the molecule is Cc1cccnc1CNCc1cscn1. The molecule has 0 radical (unpaired) electrons. The lowest BCUT2D eigenvalue weighted by Gasteiger charge is -2.04. The summed E-state index contributed by atoms with van der Waals surface area (Å²) < 4.78 is 0. The Kier molecular flexibility index (Phi) is 3.42. The van der Waals surface area contributed by atoms with Crippen molar-refractivity contribution in [3.05, 3.63) is 46.2 Å². The summed E-state index contributed by atoms with van der Waals surface area (Å²) in [4.78, 5) is 8.52. The van der Waals surface area contributed by atoms with Crippen LogP contribution >= 0.6 is 11.3 Å². The molecule has 2 aromatic heterocycles. The van der Waals surface area contributed by atoms with E-state index in [-0.39, 0.29) is 0 Å². The van der Waals surface area contributed by atoms with E-state index in [4.69, 9.17) is 0 Å². The first kappa shape index (κ1) is 10.3. The Morgan fingerprint density at radius 3 is 3.00 bits per heavy atom. The topological polar surface area (TPSA) is 37.8 Å². The van der Waals surface area contributed by atoms with Crippen molar-refractivity contribution in [2.75, 3.05) is 0 Å². The van der Waals surface area contributed by atoms with Crippen LogP contribution in [0.2, 0.25) is 0 Å². The van der Waals surface area contributed by atoms with E-state index in [2.05, 4.69) is 33.7 Å². The highest BCUT2D eigenvalue weighted by atomic mass is 32.1. The van der Waals surface area contributed by atoms with E-state index in [9.17, 15) is 0 Å². The summed E-state index contributed by atoms with van der Waals surface area (Å²) in [6.45, 7) is 3.68. The fourth-order valence-corrected chi connectivity index (χ4v) is 1.90. The molecule has 0 fully saturated rings. The molecule has 2 aromatic rings. The van der Waals surface area contributed by atoms with Crippen molar-refractivity contribution in [2.45, 2.75) is 20.0 Å². The summed E-state index contributed by atoms with van der Waals surface area (Å²) in [6, 6.07) is 4.03. The highest BCUT2D eigenvalue weighted by molar-refractivity contribution is 7.07. The highest BCUT2D eigenvalue weighted by Gasteiger charge is 1.98. The lowest BCUT2D eigenvalue weighted by molar-refractivity contribution is 0.667. The van der Waals surface area contributed by atoms with Crippen LogP contribution in [0.15, 0.2) is 29.2 Å². The fraction of sp³-hybridized carbons (Fsp3) is 0.273. The zero-order chi connectivity index (χ0) is 10.5. The smallest absolute Gasteiger partial charge is 0.0795 e. The van der Waals surface area contributed by atoms with Crippen LogP contribution in [0, 0.1) is 6.92 Å². The van der Waals surface area contributed by atoms with Crippen molar-refractivity contribution in [3.63, 3.8) is 0 Å². The largest absolute Gasteiger partial charge is 0.305 e. The predicted octanol–water partition coefficient (Wildman–Crippen LogP) is 2.14. The number of aromatic nitrogens is 2. The Hall–Kier alpha value is -1.26. The third-order valence-corrected chi connectivity index (χ3v) is 2.84. The van der Waals surface area contributed by atoms with Crippen molar-refractivity contribution in [1.82, 2.24) is 15.3 Å². The molecule has 0 bridgehead atoms. The van der Waals surface area contributed by atoms with Gasteiger partial charge in [0.05, 0.1) is 16.9 Å². The van der Waals surface area contributed by atoms with Gasteiger partial charge in [-0.2, -0.15) is 0 Å². The molecular formula is C11H13N3S. The van der Waals surface area contributed by atoms with Crippen LogP contribution in [-0.4, -0.2) is 9.97 Å². The lowest BCUT2D eigenvalue weighted by Crippen LogP contribution is -2.14. The van der Waals surface area contributed by atoms with Gasteiger partial charge in [0.1, 0.15) is 0 Å². The lowest BCUT2D eigenvalue weighted by atomic mass is 10.2. The Morgan fingerprint density at radius 2 is 2.27 bits per heavy atom. The summed E-state index contributed by atoms with van der Waals surface area (Å²) in [5, 5.41) is 5.38. The highest BCUT2D eigenvalue weighted by Crippen LogP contribution is 2.04. The normalized spacial score (nSPS) is 10.5. The number of aryl methyl sites for hydroxylation is 1. The quantitative estimate of drug-likeness (QED) is 0.856. The average molecular weight is 219 g/mol. The molecule has 78 valence electrons. The van der Waals surface area contributed by atoms with Crippen LogP contribution in [0.1, 0.15) is 17.0 Å². The van der Waals surface area contributed by atoms with Crippen LogP contribution in [0.3, 0.4) is 0 Å². The van der Waals surface area contributed by atoms with Crippen LogP contribution < -0.4 is 5.32 Å². The molecule has 0 aliphatic carbocycles. The van der Waals surface area contributed by atoms with Gasteiger partial charge in [0.15, 0.2) is 0 Å². The molecular weight excluding hydrogens is 206 g/mol. The van der Waals surface area contributed by atoms with Gasteiger partial charge in [-0.25, -0.2) is 4.98 Å². The van der Waals surface area contributed by atoms with Crippen molar-refractivity contribution in [3.8, 4) is 0 Å². The summed E-state index contributed by atoms with van der Waals surface area (Å²) in [5.41, 5.74) is 5.27. The van der Waals surface area contributed by atoms with Gasteiger partial charge in [-0.15, -0.1) is 11.3 Å². The molecule has 0 aromatic carbocycles. The maximum atomic E-state index is 4.32. The van der Waals surface area contributed by atoms with Crippen molar-refractivity contribution in [1.29, 1.82) is 0 Å². The first-order chi connectivity index (χ1) is 7.36. The Morgan fingerprint density at radius 1 is 1.33 bits per heavy atom. The number of nitrogens with one attached hydrogen (secondary N) is 1. The van der Waals surface area contributed by atoms with Gasteiger partial charge in [-0.05, 0) is 18.6 Å². The number of thiazole rings is 1. The molecule has 4 heteroatoms. The Bertz CT molecular complexity index is 412. The fourth-order valence-electron chi connectivity index (χ4n) is 1.34. The summed E-state index contributed by atoms with van der Waals surface area (Å²) >= 11 is 1.62. The van der Waals surface area contributed by atoms with Gasteiger partial charge in [0.25, 0.3) is 0 Å². The van der Waals surface area contributed by atoms with Gasteiger partial charge < -0.3 is 5.32 Å².